The van der Waals surface area contributed by atoms with E-state index < -0.39 is 18.1 Å². The van der Waals surface area contributed by atoms with Crippen molar-refractivity contribution in [3.05, 3.63) is 57.2 Å². The van der Waals surface area contributed by atoms with Crippen molar-refractivity contribution < 1.29 is 14.3 Å². The maximum Gasteiger partial charge on any atom is 0.307 e. The lowest BCUT2D eigenvalue weighted by Crippen LogP contribution is -2.44. The van der Waals surface area contributed by atoms with Crippen LogP contribution in [0.4, 0.5) is 0 Å². The van der Waals surface area contributed by atoms with E-state index in [0.717, 1.165) is 0 Å². The molecule has 3 atom stereocenters. The van der Waals surface area contributed by atoms with Gasteiger partial charge in [-0.15, -0.1) is 11.3 Å². The quantitative estimate of drug-likeness (QED) is 0.657. The van der Waals surface area contributed by atoms with E-state index in [-0.39, 0.29) is 18.4 Å². The zero-order chi connectivity index (χ0) is 18.5. The first-order valence-corrected chi connectivity index (χ1v) is 9.50. The van der Waals surface area contributed by atoms with Gasteiger partial charge in [0.25, 0.3) is 0 Å². The first kappa shape index (κ1) is 18.8. The molecule has 1 aromatic heterocycles. The molecule has 1 aromatic carbocycles. The predicted octanol–water partition coefficient (Wildman–Crippen LogP) is 2.73. The van der Waals surface area contributed by atoms with Crippen molar-refractivity contribution in [1.82, 2.24) is 16.2 Å². The van der Waals surface area contributed by atoms with Crippen LogP contribution in [-0.2, 0) is 14.3 Å². The van der Waals surface area contributed by atoms with Gasteiger partial charge in [0.1, 0.15) is 6.04 Å². The summed E-state index contributed by atoms with van der Waals surface area (Å²) in [5.74, 6) is -0.602. The molecule has 0 aliphatic carbocycles. The highest BCUT2D eigenvalue weighted by Crippen LogP contribution is 2.28. The van der Waals surface area contributed by atoms with Crippen molar-refractivity contribution in [2.75, 3.05) is 7.11 Å². The number of thiophene rings is 1. The summed E-state index contributed by atoms with van der Waals surface area (Å²) in [4.78, 5) is 25.7. The number of carbonyl (C=O) groups excluding carboxylic acids is 2. The molecule has 3 rings (SSSR count). The lowest BCUT2D eigenvalue weighted by Gasteiger charge is -2.21. The van der Waals surface area contributed by atoms with E-state index in [1.807, 2.05) is 23.6 Å². The molecule has 3 N–H and O–H groups in total. The van der Waals surface area contributed by atoms with Crippen molar-refractivity contribution >= 4 is 34.8 Å². The van der Waals surface area contributed by atoms with E-state index in [1.54, 1.807) is 29.5 Å². The molecule has 1 amide bonds. The van der Waals surface area contributed by atoms with Gasteiger partial charge < -0.3 is 10.1 Å². The van der Waals surface area contributed by atoms with E-state index in [4.69, 9.17) is 16.3 Å². The second-order valence-electron chi connectivity index (χ2n) is 6.01. The lowest BCUT2D eigenvalue weighted by molar-refractivity contribution is -0.141. The highest BCUT2D eigenvalue weighted by molar-refractivity contribution is 7.10. The minimum Gasteiger partial charge on any atom is -0.469 e. The van der Waals surface area contributed by atoms with Gasteiger partial charge in [-0.25, -0.2) is 10.9 Å². The molecular weight excluding hydrogens is 374 g/mol. The summed E-state index contributed by atoms with van der Waals surface area (Å²) in [5.41, 5.74) is 6.87. The fourth-order valence-corrected chi connectivity index (χ4v) is 3.98. The molecule has 1 saturated heterocycles. The number of carbonyl (C=O) groups is 2. The monoisotopic (exact) mass is 393 g/mol. The zero-order valence-electron chi connectivity index (χ0n) is 14.2. The average molecular weight is 394 g/mol. The van der Waals surface area contributed by atoms with Crippen LogP contribution >= 0.6 is 22.9 Å². The number of hydrazine groups is 1. The smallest absolute Gasteiger partial charge is 0.307 e. The van der Waals surface area contributed by atoms with Gasteiger partial charge in [-0.3, -0.25) is 9.59 Å². The summed E-state index contributed by atoms with van der Waals surface area (Å²) in [7, 11) is 1.32. The predicted molar refractivity (Wildman–Crippen MR) is 101 cm³/mol. The first-order valence-electron chi connectivity index (χ1n) is 8.24. The SMILES string of the molecule is COC(=O)CC(NC(=O)C1CC(c2cccs2)NN1)c1ccccc1Cl. The van der Waals surface area contributed by atoms with Gasteiger partial charge >= 0.3 is 5.97 Å². The number of halogens is 1. The molecule has 0 bridgehead atoms. The van der Waals surface area contributed by atoms with Gasteiger partial charge in [-0.2, -0.15) is 0 Å². The van der Waals surface area contributed by atoms with Gasteiger partial charge in [-0.05, 0) is 29.5 Å². The van der Waals surface area contributed by atoms with Crippen LogP contribution in [0.1, 0.15) is 35.4 Å². The average Bonchev–Trinajstić information content (AvgIpc) is 3.32. The van der Waals surface area contributed by atoms with E-state index in [1.165, 1.54) is 12.0 Å². The van der Waals surface area contributed by atoms with Crippen molar-refractivity contribution in [3.63, 3.8) is 0 Å². The summed E-state index contributed by atoms with van der Waals surface area (Å²) in [5, 5.41) is 5.43. The van der Waals surface area contributed by atoms with Crippen molar-refractivity contribution in [3.8, 4) is 0 Å². The van der Waals surface area contributed by atoms with Gasteiger partial charge in [0.2, 0.25) is 5.91 Å². The molecular formula is C18H20ClN3O3S. The highest BCUT2D eigenvalue weighted by atomic mass is 35.5. The third-order valence-corrected chi connectivity index (χ3v) is 5.63. The Labute approximate surface area is 160 Å². The second-order valence-corrected chi connectivity index (χ2v) is 7.39. The van der Waals surface area contributed by atoms with Crippen LogP contribution in [0.3, 0.4) is 0 Å². The van der Waals surface area contributed by atoms with Crippen LogP contribution < -0.4 is 16.2 Å². The van der Waals surface area contributed by atoms with E-state index in [9.17, 15) is 9.59 Å². The molecule has 0 radical (unpaired) electrons. The summed E-state index contributed by atoms with van der Waals surface area (Å²) in [6.45, 7) is 0. The Bertz CT molecular complexity index is 769. The number of esters is 1. The molecule has 0 spiro atoms. The molecule has 6 nitrogen and oxygen atoms in total. The zero-order valence-corrected chi connectivity index (χ0v) is 15.8. The summed E-state index contributed by atoms with van der Waals surface area (Å²) in [6, 6.07) is 10.3. The molecule has 26 heavy (non-hydrogen) atoms. The van der Waals surface area contributed by atoms with Crippen molar-refractivity contribution in [2.24, 2.45) is 0 Å². The summed E-state index contributed by atoms with van der Waals surface area (Å²) < 4.78 is 4.76. The van der Waals surface area contributed by atoms with Crippen LogP contribution in [-0.4, -0.2) is 25.0 Å². The Morgan fingerprint density at radius 2 is 2.12 bits per heavy atom. The molecule has 1 fully saturated rings. The van der Waals surface area contributed by atoms with E-state index in [2.05, 4.69) is 16.2 Å². The number of nitrogens with one attached hydrogen (secondary N) is 3. The van der Waals surface area contributed by atoms with E-state index >= 15 is 0 Å². The first-order chi connectivity index (χ1) is 12.6. The Hall–Kier alpha value is -1.93. The molecule has 8 heteroatoms. The highest BCUT2D eigenvalue weighted by Gasteiger charge is 2.32. The number of methoxy groups -OCH3 is 1. The number of hydrogen-bond donors (Lipinski definition) is 3. The molecule has 0 saturated carbocycles. The van der Waals surface area contributed by atoms with E-state index in [0.29, 0.717) is 17.0 Å². The topological polar surface area (TPSA) is 79.5 Å². The van der Waals surface area contributed by atoms with Crippen LogP contribution in [0.25, 0.3) is 0 Å². The van der Waals surface area contributed by atoms with Crippen molar-refractivity contribution in [1.29, 1.82) is 0 Å². The van der Waals surface area contributed by atoms with Crippen LogP contribution in [0.5, 0.6) is 0 Å². The van der Waals surface area contributed by atoms with Crippen molar-refractivity contribution in [2.45, 2.75) is 31.0 Å². The summed E-state index contributed by atoms with van der Waals surface area (Å²) in [6.07, 6.45) is 0.639. The van der Waals surface area contributed by atoms with Gasteiger partial charge in [0, 0.05) is 9.90 Å². The number of benzene rings is 1. The minimum atomic E-state index is -0.550. The van der Waals surface area contributed by atoms with Gasteiger partial charge in [0.05, 0.1) is 25.6 Å². The second kappa shape index (κ2) is 8.64. The van der Waals surface area contributed by atoms with Gasteiger partial charge in [-0.1, -0.05) is 35.9 Å². The number of amides is 1. The molecule has 1 aliphatic rings. The lowest BCUT2D eigenvalue weighted by atomic mass is 10.0. The molecule has 2 aromatic rings. The van der Waals surface area contributed by atoms with Crippen LogP contribution in [0.2, 0.25) is 5.02 Å². The number of ether oxygens (including phenoxy) is 1. The number of rotatable bonds is 6. The third-order valence-electron chi connectivity index (χ3n) is 4.30. The Morgan fingerprint density at radius 1 is 1.31 bits per heavy atom. The molecule has 3 unspecified atom stereocenters. The van der Waals surface area contributed by atoms with Gasteiger partial charge in [0.15, 0.2) is 0 Å². The standard InChI is InChI=1S/C18H20ClN3O3S/c1-25-17(23)10-13(11-5-2-3-6-12(11)19)20-18(24)15-9-14(21-22-15)16-7-4-8-26-16/h2-8,13-15,21-22H,9-10H2,1H3,(H,20,24). The fourth-order valence-electron chi connectivity index (χ4n) is 2.92. The maximum atomic E-state index is 12.7. The fraction of sp³-hybridized carbons (Fsp3) is 0.333. The maximum absolute atomic E-state index is 12.7. The third kappa shape index (κ3) is 4.42. The molecule has 138 valence electrons. The summed E-state index contributed by atoms with van der Waals surface area (Å²) >= 11 is 7.89. The Balaban J connectivity index is 1.69. The Kier molecular flexibility index (Phi) is 6.26. The van der Waals surface area contributed by atoms with Crippen LogP contribution in [0, 0.1) is 0 Å². The van der Waals surface area contributed by atoms with Crippen LogP contribution in [0.15, 0.2) is 41.8 Å². The minimum absolute atomic E-state index is 0.0144. The number of hydrogen-bond acceptors (Lipinski definition) is 6. The molecule has 1 aliphatic heterocycles. The normalized spacial score (nSPS) is 20.5. The molecule has 2 heterocycles. The largest absolute Gasteiger partial charge is 0.469 e. The Morgan fingerprint density at radius 3 is 2.81 bits per heavy atom.